The van der Waals surface area contributed by atoms with E-state index in [1.165, 1.54) is 0 Å². The van der Waals surface area contributed by atoms with E-state index in [9.17, 15) is 4.57 Å². The van der Waals surface area contributed by atoms with Gasteiger partial charge in [0.25, 0.3) is 0 Å². The Morgan fingerprint density at radius 1 is 1.42 bits per heavy atom. The van der Waals surface area contributed by atoms with Crippen molar-refractivity contribution < 1.29 is 14.4 Å². The van der Waals surface area contributed by atoms with E-state index in [0.29, 0.717) is 6.42 Å². The average Bonchev–Trinajstić information content (AvgIpc) is 1.96. The standard InChI is InChI=1S/C7H15O3PS/c1-2-7(12)5-3-4-6-11(8,9)10/h2-6H2,1H3,(H2,8,9,10). The minimum Gasteiger partial charge on any atom is -0.324 e. The van der Waals surface area contributed by atoms with Crippen molar-refractivity contribution in [3.05, 3.63) is 0 Å². The smallest absolute Gasteiger partial charge is 0.324 e. The molecule has 0 aliphatic rings. The minimum absolute atomic E-state index is 0.0146. The van der Waals surface area contributed by atoms with Gasteiger partial charge in [-0.15, -0.1) is 0 Å². The summed E-state index contributed by atoms with van der Waals surface area (Å²) >= 11 is 4.97. The first-order valence-electron chi connectivity index (χ1n) is 4.02. The average molecular weight is 210 g/mol. The molecule has 3 nitrogen and oxygen atoms in total. The van der Waals surface area contributed by atoms with Crippen LogP contribution in [0.1, 0.15) is 32.6 Å². The SMILES string of the molecule is CCC(=S)CCCCP(=O)(O)O. The molecular weight excluding hydrogens is 195 g/mol. The first-order valence-corrected chi connectivity index (χ1v) is 6.22. The summed E-state index contributed by atoms with van der Waals surface area (Å²) < 4.78 is 10.4. The van der Waals surface area contributed by atoms with Gasteiger partial charge in [0.05, 0.1) is 0 Å². The molecular formula is C7H15O3PS. The molecule has 0 aromatic carbocycles. The molecule has 0 aliphatic carbocycles. The van der Waals surface area contributed by atoms with Gasteiger partial charge in [-0.05, 0) is 30.5 Å². The van der Waals surface area contributed by atoms with Crippen molar-refractivity contribution in [2.75, 3.05) is 6.16 Å². The van der Waals surface area contributed by atoms with E-state index in [2.05, 4.69) is 0 Å². The van der Waals surface area contributed by atoms with E-state index >= 15 is 0 Å². The van der Waals surface area contributed by atoms with Crippen LogP contribution in [0.15, 0.2) is 0 Å². The quantitative estimate of drug-likeness (QED) is 0.400. The molecule has 2 N–H and O–H groups in total. The second kappa shape index (κ2) is 5.81. The Labute approximate surface area is 78.3 Å². The molecule has 0 amide bonds. The Morgan fingerprint density at radius 3 is 2.42 bits per heavy atom. The predicted octanol–water partition coefficient (Wildman–Crippen LogP) is 2.11. The van der Waals surface area contributed by atoms with Gasteiger partial charge in [-0.25, -0.2) is 0 Å². The molecule has 72 valence electrons. The van der Waals surface area contributed by atoms with Gasteiger partial charge < -0.3 is 9.79 Å². The summed E-state index contributed by atoms with van der Waals surface area (Å²) in [6, 6.07) is 0. The summed E-state index contributed by atoms with van der Waals surface area (Å²) in [6.07, 6.45) is 3.03. The maximum Gasteiger partial charge on any atom is 0.325 e. The molecule has 0 saturated carbocycles. The lowest BCUT2D eigenvalue weighted by atomic mass is 10.2. The van der Waals surface area contributed by atoms with Crippen LogP contribution in [0.4, 0.5) is 0 Å². The second-order valence-corrected chi connectivity index (χ2v) is 5.09. The van der Waals surface area contributed by atoms with Crippen LogP contribution in [0.3, 0.4) is 0 Å². The van der Waals surface area contributed by atoms with E-state index < -0.39 is 7.60 Å². The fourth-order valence-corrected chi connectivity index (χ4v) is 1.60. The van der Waals surface area contributed by atoms with Crippen LogP contribution in [0, 0.1) is 0 Å². The van der Waals surface area contributed by atoms with Gasteiger partial charge in [-0.2, -0.15) is 0 Å². The molecule has 0 heterocycles. The molecule has 0 radical (unpaired) electrons. The van der Waals surface area contributed by atoms with Crippen LogP contribution in [0.5, 0.6) is 0 Å². The predicted molar refractivity (Wildman–Crippen MR) is 53.7 cm³/mol. The third-order valence-electron chi connectivity index (χ3n) is 1.55. The van der Waals surface area contributed by atoms with Crippen molar-refractivity contribution >= 4 is 24.7 Å². The lowest BCUT2D eigenvalue weighted by Crippen LogP contribution is -1.94. The van der Waals surface area contributed by atoms with E-state index in [1.807, 2.05) is 6.92 Å². The fraction of sp³-hybridized carbons (Fsp3) is 0.857. The third-order valence-corrected chi connectivity index (χ3v) is 2.94. The summed E-state index contributed by atoms with van der Waals surface area (Å²) in [6.45, 7) is 1.99. The number of thiocarbonyl (C=S) groups is 1. The number of hydrogen-bond acceptors (Lipinski definition) is 2. The highest BCUT2D eigenvalue weighted by Crippen LogP contribution is 2.35. The van der Waals surface area contributed by atoms with Crippen molar-refractivity contribution in [1.82, 2.24) is 0 Å². The molecule has 0 atom stereocenters. The largest absolute Gasteiger partial charge is 0.325 e. The zero-order valence-corrected chi connectivity index (χ0v) is 8.90. The number of unbranched alkanes of at least 4 members (excludes halogenated alkanes) is 1. The molecule has 0 bridgehead atoms. The molecule has 0 aromatic rings. The van der Waals surface area contributed by atoms with Crippen molar-refractivity contribution in [1.29, 1.82) is 0 Å². The summed E-state index contributed by atoms with van der Waals surface area (Å²) in [4.78, 5) is 18.0. The highest BCUT2D eigenvalue weighted by molar-refractivity contribution is 7.80. The zero-order valence-electron chi connectivity index (χ0n) is 7.19. The van der Waals surface area contributed by atoms with Gasteiger partial charge in [-0.3, -0.25) is 4.57 Å². The molecule has 0 fully saturated rings. The normalized spacial score (nSPS) is 11.6. The topological polar surface area (TPSA) is 57.5 Å². The van der Waals surface area contributed by atoms with Crippen molar-refractivity contribution in [3.63, 3.8) is 0 Å². The molecule has 0 aromatic heterocycles. The minimum atomic E-state index is -3.78. The van der Waals surface area contributed by atoms with Gasteiger partial charge in [0, 0.05) is 6.16 Å². The van der Waals surface area contributed by atoms with Gasteiger partial charge in [0.2, 0.25) is 0 Å². The van der Waals surface area contributed by atoms with Crippen molar-refractivity contribution in [2.45, 2.75) is 32.6 Å². The van der Waals surface area contributed by atoms with Gasteiger partial charge in [-0.1, -0.05) is 19.1 Å². The van der Waals surface area contributed by atoms with Crippen LogP contribution in [-0.2, 0) is 4.57 Å². The van der Waals surface area contributed by atoms with Gasteiger partial charge in [0.1, 0.15) is 0 Å². The summed E-state index contributed by atoms with van der Waals surface area (Å²) in [7, 11) is -3.78. The maximum atomic E-state index is 10.4. The Balaban J connectivity index is 3.34. The first-order chi connectivity index (χ1) is 5.45. The van der Waals surface area contributed by atoms with Crippen LogP contribution in [0.25, 0.3) is 0 Å². The van der Waals surface area contributed by atoms with Crippen molar-refractivity contribution in [2.24, 2.45) is 0 Å². The van der Waals surface area contributed by atoms with E-state index in [4.69, 9.17) is 22.0 Å². The molecule has 0 aliphatic heterocycles. The highest BCUT2D eigenvalue weighted by atomic mass is 32.1. The Hall–Kier alpha value is 0.240. The van der Waals surface area contributed by atoms with E-state index in [1.54, 1.807) is 0 Å². The fourth-order valence-electron chi connectivity index (χ4n) is 0.817. The van der Waals surface area contributed by atoms with E-state index in [0.717, 1.165) is 24.1 Å². The van der Waals surface area contributed by atoms with Crippen LogP contribution in [-0.4, -0.2) is 20.8 Å². The second-order valence-electron chi connectivity index (χ2n) is 2.74. The molecule has 5 heteroatoms. The summed E-state index contributed by atoms with van der Waals surface area (Å²) in [5, 5.41) is 0. The third kappa shape index (κ3) is 8.34. The van der Waals surface area contributed by atoms with Crippen molar-refractivity contribution in [3.8, 4) is 0 Å². The van der Waals surface area contributed by atoms with Crippen LogP contribution >= 0.6 is 19.8 Å². The van der Waals surface area contributed by atoms with Gasteiger partial charge >= 0.3 is 7.60 Å². The number of hydrogen-bond donors (Lipinski definition) is 2. The summed E-state index contributed by atoms with van der Waals surface area (Å²) in [5.74, 6) is 0. The maximum absolute atomic E-state index is 10.4. The van der Waals surface area contributed by atoms with E-state index in [-0.39, 0.29) is 6.16 Å². The lowest BCUT2D eigenvalue weighted by Gasteiger charge is -2.03. The molecule has 0 spiro atoms. The molecule has 0 rings (SSSR count). The Kier molecular flexibility index (Phi) is 5.93. The number of rotatable bonds is 6. The zero-order chi connectivity index (χ0) is 9.61. The molecule has 12 heavy (non-hydrogen) atoms. The Bertz CT molecular complexity index is 187. The first kappa shape index (κ1) is 12.2. The molecule has 0 unspecified atom stereocenters. The highest BCUT2D eigenvalue weighted by Gasteiger charge is 2.11. The monoisotopic (exact) mass is 210 g/mol. The lowest BCUT2D eigenvalue weighted by molar-refractivity contribution is 0.371. The Morgan fingerprint density at radius 2 is 2.00 bits per heavy atom. The van der Waals surface area contributed by atoms with Crippen LogP contribution in [0.2, 0.25) is 0 Å². The summed E-state index contributed by atoms with van der Waals surface area (Å²) in [5.41, 5.74) is 0. The van der Waals surface area contributed by atoms with Gasteiger partial charge in [0.15, 0.2) is 0 Å². The van der Waals surface area contributed by atoms with Crippen LogP contribution < -0.4 is 0 Å². The molecule has 0 saturated heterocycles.